The van der Waals surface area contributed by atoms with E-state index in [4.69, 9.17) is 11.6 Å². The molecular weight excluding hydrogens is 347 g/mol. The molecule has 0 fully saturated rings. The minimum absolute atomic E-state index is 0.703. The quantitative estimate of drug-likeness (QED) is 0.708. The number of pyridine rings is 1. The number of aliphatic imine (C=N–C) groups is 1. The average Bonchev–Trinajstić information content (AvgIpc) is 2.72. The van der Waals surface area contributed by atoms with Crippen molar-refractivity contribution >= 4 is 37.9 Å². The lowest BCUT2D eigenvalue weighted by molar-refractivity contribution is 1.02. The van der Waals surface area contributed by atoms with Crippen LogP contribution in [0.25, 0.3) is 11.1 Å². The van der Waals surface area contributed by atoms with Gasteiger partial charge in [-0.05, 0) is 46.4 Å². The van der Waals surface area contributed by atoms with E-state index in [1.165, 1.54) is 0 Å². The molecule has 1 aromatic heterocycles. The Morgan fingerprint density at radius 2 is 1.88 bits per heavy atom. The first-order valence-electron chi connectivity index (χ1n) is 5.19. The zero-order valence-corrected chi connectivity index (χ0v) is 11.7. The third-order valence-electron chi connectivity index (χ3n) is 2.74. The topological polar surface area (TPSA) is 25.2 Å². The summed E-state index contributed by atoms with van der Waals surface area (Å²) in [6.07, 6.45) is 1.90. The molecule has 0 unspecified atom stereocenters. The Morgan fingerprint density at radius 3 is 2.65 bits per heavy atom. The second kappa shape index (κ2) is 4.38. The van der Waals surface area contributed by atoms with E-state index in [2.05, 4.69) is 38.6 Å². The van der Waals surface area contributed by atoms with Crippen molar-refractivity contribution in [3.63, 3.8) is 0 Å². The normalized spacial score (nSPS) is 13.4. The highest BCUT2D eigenvalue weighted by Crippen LogP contribution is 2.27. The van der Waals surface area contributed by atoms with E-state index in [0.29, 0.717) is 6.54 Å². The number of hydrogen-bond acceptors (Lipinski definition) is 2. The van der Waals surface area contributed by atoms with Gasteiger partial charge in [-0.15, -0.1) is 0 Å². The first-order chi connectivity index (χ1) is 8.24. The monoisotopic (exact) mass is 354 g/mol. The summed E-state index contributed by atoms with van der Waals surface area (Å²) in [7, 11) is 0. The van der Waals surface area contributed by atoms with Crippen molar-refractivity contribution in [1.29, 1.82) is 0 Å². The summed E-state index contributed by atoms with van der Waals surface area (Å²) in [6.45, 7) is 0.703. The van der Waals surface area contributed by atoms with Gasteiger partial charge < -0.3 is 0 Å². The molecule has 0 aliphatic carbocycles. The summed E-state index contributed by atoms with van der Waals surface area (Å²) in [5, 5.41) is 0.749. The Balaban J connectivity index is 2.08. The first-order valence-corrected chi connectivity index (χ1v) is 6.65. The number of hydrogen-bond donors (Lipinski definition) is 0. The van der Waals surface area contributed by atoms with Crippen LogP contribution >= 0.6 is 34.2 Å². The molecule has 4 heteroatoms. The van der Waals surface area contributed by atoms with Crippen LogP contribution in [-0.4, -0.2) is 8.70 Å². The van der Waals surface area contributed by atoms with Gasteiger partial charge in [-0.3, -0.25) is 9.98 Å². The largest absolute Gasteiger partial charge is 0.272 e. The predicted octanol–water partition coefficient (Wildman–Crippen LogP) is 4.10. The van der Waals surface area contributed by atoms with Crippen molar-refractivity contribution in [2.45, 2.75) is 6.54 Å². The van der Waals surface area contributed by atoms with Crippen LogP contribution < -0.4 is 0 Å². The predicted molar refractivity (Wildman–Crippen MR) is 78.9 cm³/mol. The third kappa shape index (κ3) is 2.09. The Morgan fingerprint density at radius 1 is 1.12 bits per heavy atom. The third-order valence-corrected chi connectivity index (χ3v) is 3.91. The molecule has 2 heterocycles. The number of aromatic nitrogens is 1. The van der Waals surface area contributed by atoms with Crippen LogP contribution in [0.15, 0.2) is 41.5 Å². The summed E-state index contributed by atoms with van der Waals surface area (Å²) in [5.41, 5.74) is 4.44. The molecule has 17 heavy (non-hydrogen) atoms. The van der Waals surface area contributed by atoms with Crippen LogP contribution in [0.4, 0.5) is 0 Å². The molecule has 3 rings (SSSR count). The summed E-state index contributed by atoms with van der Waals surface area (Å²) >= 11 is 8.13. The molecule has 0 saturated carbocycles. The smallest absolute Gasteiger partial charge is 0.105 e. The Kier molecular flexibility index (Phi) is 2.88. The zero-order chi connectivity index (χ0) is 11.8. The highest BCUT2D eigenvalue weighted by atomic mass is 127. The minimum atomic E-state index is 0.703. The molecule has 0 spiro atoms. The molecule has 1 aromatic carbocycles. The highest BCUT2D eigenvalue weighted by Gasteiger charge is 2.15. The molecule has 0 saturated heterocycles. The molecule has 1 aliphatic heterocycles. The molecule has 0 N–H and O–H groups in total. The van der Waals surface area contributed by atoms with Gasteiger partial charge in [0.1, 0.15) is 3.72 Å². The highest BCUT2D eigenvalue weighted by molar-refractivity contribution is 14.1. The van der Waals surface area contributed by atoms with E-state index in [0.717, 1.165) is 31.1 Å². The lowest BCUT2D eigenvalue weighted by Crippen LogP contribution is -1.93. The van der Waals surface area contributed by atoms with Gasteiger partial charge in [0.05, 0.1) is 12.2 Å². The number of rotatable bonds is 1. The van der Waals surface area contributed by atoms with E-state index in [-0.39, 0.29) is 0 Å². The molecule has 2 aromatic rings. The van der Waals surface area contributed by atoms with E-state index in [9.17, 15) is 0 Å². The van der Waals surface area contributed by atoms with Gasteiger partial charge in [0.2, 0.25) is 0 Å². The minimum Gasteiger partial charge on any atom is -0.272 e. The number of fused-ring (bicyclic) bond motifs is 1. The van der Waals surface area contributed by atoms with Crippen LogP contribution in [0.2, 0.25) is 5.02 Å². The van der Waals surface area contributed by atoms with Crippen molar-refractivity contribution in [3.05, 3.63) is 52.8 Å². The van der Waals surface area contributed by atoms with Crippen molar-refractivity contribution in [2.24, 2.45) is 4.99 Å². The van der Waals surface area contributed by atoms with Gasteiger partial charge in [0.15, 0.2) is 0 Å². The second-order valence-electron chi connectivity index (χ2n) is 3.83. The van der Waals surface area contributed by atoms with Crippen molar-refractivity contribution < 1.29 is 0 Å². The lowest BCUT2D eigenvalue weighted by atomic mass is 10.1. The molecule has 2 nitrogen and oxygen atoms in total. The van der Waals surface area contributed by atoms with E-state index >= 15 is 0 Å². The fraction of sp³-hybridized carbons (Fsp3) is 0.0769. The summed E-state index contributed by atoms with van der Waals surface area (Å²) in [4.78, 5) is 8.83. The maximum absolute atomic E-state index is 5.88. The first kappa shape index (κ1) is 11.2. The molecule has 0 atom stereocenters. The Labute approximate surface area is 118 Å². The van der Waals surface area contributed by atoms with Crippen LogP contribution in [0.5, 0.6) is 0 Å². The van der Waals surface area contributed by atoms with Gasteiger partial charge in [0.25, 0.3) is 0 Å². The standard InChI is InChI=1S/C13H8ClIN2/c14-10-3-1-8(2-4-10)9-5-11-12(16-6-9)7-17-13(11)15/h1-6H,7H2. The SMILES string of the molecule is Clc1ccc(-c2cnc3c(c2)C(I)=NC3)cc1. The van der Waals surface area contributed by atoms with E-state index in [1.807, 2.05) is 30.5 Å². The van der Waals surface area contributed by atoms with E-state index < -0.39 is 0 Å². The second-order valence-corrected chi connectivity index (χ2v) is 5.29. The van der Waals surface area contributed by atoms with Crippen molar-refractivity contribution in [1.82, 2.24) is 4.98 Å². The molecule has 0 amide bonds. The van der Waals surface area contributed by atoms with Gasteiger partial charge >= 0.3 is 0 Å². The van der Waals surface area contributed by atoms with Crippen LogP contribution in [0, 0.1) is 0 Å². The van der Waals surface area contributed by atoms with Crippen molar-refractivity contribution in [3.8, 4) is 11.1 Å². The lowest BCUT2D eigenvalue weighted by Gasteiger charge is -2.04. The Hall–Kier alpha value is -0.940. The van der Waals surface area contributed by atoms with Crippen LogP contribution in [0.3, 0.4) is 0 Å². The summed E-state index contributed by atoms with van der Waals surface area (Å²) in [6, 6.07) is 9.94. The fourth-order valence-electron chi connectivity index (χ4n) is 1.83. The number of benzene rings is 1. The van der Waals surface area contributed by atoms with Crippen LogP contribution in [0.1, 0.15) is 11.3 Å². The summed E-state index contributed by atoms with van der Waals surface area (Å²) < 4.78 is 1.04. The maximum atomic E-state index is 5.88. The number of nitrogens with zero attached hydrogens (tertiary/aromatic N) is 2. The summed E-state index contributed by atoms with van der Waals surface area (Å²) in [5.74, 6) is 0. The fourth-order valence-corrected chi connectivity index (χ4v) is 2.59. The van der Waals surface area contributed by atoms with Gasteiger partial charge in [-0.1, -0.05) is 23.7 Å². The zero-order valence-electron chi connectivity index (χ0n) is 8.82. The van der Waals surface area contributed by atoms with E-state index in [1.54, 1.807) is 0 Å². The Bertz CT molecular complexity index is 605. The van der Waals surface area contributed by atoms with Gasteiger partial charge in [-0.25, -0.2) is 0 Å². The molecule has 0 bridgehead atoms. The van der Waals surface area contributed by atoms with Crippen LogP contribution in [-0.2, 0) is 6.54 Å². The molecule has 0 radical (unpaired) electrons. The molecule has 1 aliphatic rings. The molecular formula is C13H8ClIN2. The van der Waals surface area contributed by atoms with Crippen molar-refractivity contribution in [2.75, 3.05) is 0 Å². The average molecular weight is 355 g/mol. The van der Waals surface area contributed by atoms with Gasteiger partial charge in [-0.2, -0.15) is 0 Å². The molecule has 84 valence electrons. The maximum Gasteiger partial charge on any atom is 0.105 e. The number of halogens is 2. The van der Waals surface area contributed by atoms with Gasteiger partial charge in [0, 0.05) is 22.3 Å².